The van der Waals surface area contributed by atoms with Gasteiger partial charge in [-0.25, -0.2) is 9.37 Å². The van der Waals surface area contributed by atoms with Gasteiger partial charge in [-0.15, -0.1) is 0 Å². The van der Waals surface area contributed by atoms with E-state index in [1.807, 2.05) is 13.8 Å². The highest BCUT2D eigenvalue weighted by atomic mass is 35.5. The molecule has 0 bridgehead atoms. The molecule has 0 saturated carbocycles. The van der Waals surface area contributed by atoms with Gasteiger partial charge >= 0.3 is 0 Å². The van der Waals surface area contributed by atoms with Gasteiger partial charge in [-0.2, -0.15) is 0 Å². The topological polar surface area (TPSA) is 106 Å². The molecule has 2 N–H and O–H groups in total. The van der Waals surface area contributed by atoms with Crippen LogP contribution in [0.4, 0.5) is 10.1 Å². The maximum absolute atomic E-state index is 13.6. The maximum Gasteiger partial charge on any atom is 0.294 e. The van der Waals surface area contributed by atoms with E-state index < -0.39 is 23.6 Å². The highest BCUT2D eigenvalue weighted by Gasteiger charge is 2.35. The van der Waals surface area contributed by atoms with E-state index in [4.69, 9.17) is 16.0 Å². The molecule has 0 aliphatic carbocycles. The zero-order valence-electron chi connectivity index (χ0n) is 20.6. The van der Waals surface area contributed by atoms with E-state index in [1.54, 1.807) is 18.4 Å². The van der Waals surface area contributed by atoms with Crippen LogP contribution in [-0.4, -0.2) is 27.1 Å². The number of halogens is 2. The molecule has 1 aliphatic rings. The molecule has 0 unspecified atom stereocenters. The second-order valence-electron chi connectivity index (χ2n) is 9.36. The van der Waals surface area contributed by atoms with E-state index in [1.165, 1.54) is 24.5 Å². The minimum atomic E-state index is -0.863. The molecule has 8 nitrogen and oxygen atoms in total. The van der Waals surface area contributed by atoms with Crippen LogP contribution in [0.5, 0.6) is 0 Å². The Balaban J connectivity index is 1.65. The normalized spacial score (nSPS) is 13.9. The monoisotopic (exact) mass is 514 g/mol. The van der Waals surface area contributed by atoms with Crippen molar-refractivity contribution in [2.45, 2.75) is 59.5 Å². The molecule has 0 saturated heterocycles. The highest BCUT2D eigenvalue weighted by molar-refractivity contribution is 6.48. The summed E-state index contributed by atoms with van der Waals surface area (Å²) in [4.78, 5) is 44.0. The Kier molecular flexibility index (Phi) is 7.31. The highest BCUT2D eigenvalue weighted by Crippen LogP contribution is 2.34. The Morgan fingerprint density at radius 3 is 2.58 bits per heavy atom. The number of hydrogen-bond donors (Lipinski definition) is 2. The van der Waals surface area contributed by atoms with E-state index in [2.05, 4.69) is 15.6 Å². The van der Waals surface area contributed by atoms with Gasteiger partial charge in [0.25, 0.3) is 17.6 Å². The lowest BCUT2D eigenvalue weighted by atomic mass is 10.0. The molecule has 1 aliphatic heterocycles. The molecule has 2 aromatic heterocycles. The van der Waals surface area contributed by atoms with Gasteiger partial charge in [-0.1, -0.05) is 25.4 Å². The Morgan fingerprint density at radius 1 is 1.19 bits per heavy atom. The standard InChI is InChI=1S/C26H28ClFN4O4/c1-13(2)21(26-29-15(4)12-36-26)31-25(35)23(33)22-20(27)19(18-7-5-6-10-32(18)22)24(34)30-16-8-9-17(28)14(3)11-16/h8-9,11-13,21H,5-7,10H2,1-4H3,(H,30,34)(H,31,35)/t21-/m0/s1. The lowest BCUT2D eigenvalue weighted by Crippen LogP contribution is -2.38. The van der Waals surface area contributed by atoms with Crippen LogP contribution in [0.15, 0.2) is 28.9 Å². The number of benzene rings is 1. The van der Waals surface area contributed by atoms with Crippen LogP contribution in [0.3, 0.4) is 0 Å². The fourth-order valence-electron chi connectivity index (χ4n) is 4.41. The summed E-state index contributed by atoms with van der Waals surface area (Å²) in [6.07, 6.45) is 3.61. The summed E-state index contributed by atoms with van der Waals surface area (Å²) in [6, 6.07) is 3.61. The van der Waals surface area contributed by atoms with Crippen molar-refractivity contribution in [3.8, 4) is 0 Å². The van der Waals surface area contributed by atoms with E-state index in [0.717, 1.165) is 12.8 Å². The van der Waals surface area contributed by atoms with Crippen LogP contribution < -0.4 is 10.6 Å². The third kappa shape index (κ3) is 4.93. The first-order valence-electron chi connectivity index (χ1n) is 11.8. The van der Waals surface area contributed by atoms with Gasteiger partial charge in [-0.05, 0) is 62.8 Å². The first kappa shape index (κ1) is 25.6. The summed E-state index contributed by atoms with van der Waals surface area (Å²) < 4.78 is 20.8. The van der Waals surface area contributed by atoms with Gasteiger partial charge in [-0.3, -0.25) is 14.4 Å². The van der Waals surface area contributed by atoms with Crippen LogP contribution in [0.25, 0.3) is 0 Å². The number of nitrogens with zero attached hydrogens (tertiary/aromatic N) is 2. The number of aromatic nitrogens is 2. The Hall–Kier alpha value is -3.46. The second-order valence-corrected chi connectivity index (χ2v) is 9.74. The Morgan fingerprint density at radius 2 is 1.94 bits per heavy atom. The first-order chi connectivity index (χ1) is 17.1. The summed E-state index contributed by atoms with van der Waals surface area (Å²) in [5.41, 5.74) is 2.17. The third-order valence-corrected chi connectivity index (χ3v) is 6.65. The fraction of sp³-hybridized carbons (Fsp3) is 0.385. The van der Waals surface area contributed by atoms with Crippen molar-refractivity contribution in [3.05, 3.63) is 69.4 Å². The zero-order chi connectivity index (χ0) is 26.1. The molecule has 0 spiro atoms. The number of nitrogens with one attached hydrogen (secondary N) is 2. The molecule has 10 heteroatoms. The number of carbonyl (C=O) groups is 3. The van der Waals surface area contributed by atoms with E-state index in [-0.39, 0.29) is 28.0 Å². The van der Waals surface area contributed by atoms with Crippen molar-refractivity contribution in [2.75, 3.05) is 5.32 Å². The van der Waals surface area contributed by atoms with Crippen molar-refractivity contribution in [3.63, 3.8) is 0 Å². The number of hydrogen-bond acceptors (Lipinski definition) is 5. The molecular weight excluding hydrogens is 487 g/mol. The summed E-state index contributed by atoms with van der Waals surface area (Å²) in [7, 11) is 0. The predicted molar refractivity (Wildman–Crippen MR) is 133 cm³/mol. The van der Waals surface area contributed by atoms with Crippen LogP contribution in [-0.2, 0) is 17.8 Å². The van der Waals surface area contributed by atoms with Crippen LogP contribution >= 0.6 is 11.6 Å². The molecule has 2 amide bonds. The van der Waals surface area contributed by atoms with Crippen molar-refractivity contribution in [1.29, 1.82) is 0 Å². The molecule has 190 valence electrons. The third-order valence-electron chi connectivity index (χ3n) is 6.28. The largest absolute Gasteiger partial charge is 0.446 e. The molecule has 3 heterocycles. The summed E-state index contributed by atoms with van der Waals surface area (Å²) >= 11 is 6.62. The number of anilines is 1. The van der Waals surface area contributed by atoms with Crippen LogP contribution in [0, 0.1) is 25.6 Å². The molecule has 1 atom stereocenters. The van der Waals surface area contributed by atoms with Crippen molar-refractivity contribution < 1.29 is 23.2 Å². The van der Waals surface area contributed by atoms with Gasteiger partial charge in [0, 0.05) is 17.9 Å². The number of aryl methyl sites for hydroxylation is 2. The zero-order valence-corrected chi connectivity index (χ0v) is 21.3. The average Bonchev–Trinajstić information content (AvgIpc) is 3.38. The van der Waals surface area contributed by atoms with Crippen molar-refractivity contribution >= 4 is 34.9 Å². The average molecular weight is 515 g/mol. The van der Waals surface area contributed by atoms with Crippen LogP contribution in [0.1, 0.15) is 76.4 Å². The van der Waals surface area contributed by atoms with Crippen molar-refractivity contribution in [1.82, 2.24) is 14.9 Å². The van der Waals surface area contributed by atoms with Crippen molar-refractivity contribution in [2.24, 2.45) is 5.92 Å². The number of oxazole rings is 1. The van der Waals surface area contributed by atoms with E-state index in [0.29, 0.717) is 41.5 Å². The first-order valence-corrected chi connectivity index (χ1v) is 12.2. The number of Topliss-reactive ketones (excluding diaryl/α,β-unsaturated/α-hetero) is 1. The lowest BCUT2D eigenvalue weighted by molar-refractivity contribution is -0.118. The lowest BCUT2D eigenvalue weighted by Gasteiger charge is -2.20. The molecule has 4 rings (SSSR count). The quantitative estimate of drug-likeness (QED) is 0.334. The minimum Gasteiger partial charge on any atom is -0.446 e. The number of fused-ring (bicyclic) bond motifs is 1. The SMILES string of the molecule is Cc1coc([C@@H](NC(=O)C(=O)c2c(Cl)c(C(=O)Nc3ccc(F)c(C)c3)c3n2CCCC3)C(C)C)n1. The summed E-state index contributed by atoms with van der Waals surface area (Å²) in [5, 5.41) is 5.38. The van der Waals surface area contributed by atoms with Gasteiger partial charge in [0.15, 0.2) is 0 Å². The number of carbonyl (C=O) groups excluding carboxylic acids is 3. The molecule has 3 aromatic rings. The molecule has 0 fully saturated rings. The van der Waals surface area contributed by atoms with Gasteiger partial charge in [0.2, 0.25) is 5.89 Å². The minimum absolute atomic E-state index is 0.0182. The Bertz CT molecular complexity index is 1340. The van der Waals surface area contributed by atoms with Gasteiger partial charge in [0.05, 0.1) is 16.3 Å². The Labute approximate surface area is 213 Å². The number of ketones is 1. The maximum atomic E-state index is 13.6. The molecule has 36 heavy (non-hydrogen) atoms. The molecular formula is C26H28ClFN4O4. The predicted octanol–water partition coefficient (Wildman–Crippen LogP) is 5.17. The smallest absolute Gasteiger partial charge is 0.294 e. The number of amides is 2. The molecule has 0 radical (unpaired) electrons. The molecule has 1 aromatic carbocycles. The number of rotatable bonds is 7. The van der Waals surface area contributed by atoms with Crippen LogP contribution in [0.2, 0.25) is 5.02 Å². The fourth-order valence-corrected chi connectivity index (χ4v) is 4.80. The van der Waals surface area contributed by atoms with Gasteiger partial charge < -0.3 is 19.6 Å². The van der Waals surface area contributed by atoms with E-state index >= 15 is 0 Å². The van der Waals surface area contributed by atoms with Gasteiger partial charge in [0.1, 0.15) is 23.8 Å². The summed E-state index contributed by atoms with van der Waals surface area (Å²) in [6.45, 7) is 7.57. The van der Waals surface area contributed by atoms with E-state index in [9.17, 15) is 18.8 Å². The summed E-state index contributed by atoms with van der Waals surface area (Å²) in [5.74, 6) is -2.40. The second kappa shape index (κ2) is 10.3.